The minimum Gasteiger partial charge on any atom is -0.506 e. The minimum atomic E-state index is -4.05. The highest BCUT2D eigenvalue weighted by atomic mass is 32.2. The van der Waals surface area contributed by atoms with Crippen molar-refractivity contribution in [3.05, 3.63) is 77.9 Å². The number of nitrogens with zero attached hydrogens (tertiary/aromatic N) is 2. The zero-order valence-electron chi connectivity index (χ0n) is 22.8. The first-order valence-electron chi connectivity index (χ1n) is 12.4. The van der Waals surface area contributed by atoms with Crippen LogP contribution >= 0.6 is 0 Å². The van der Waals surface area contributed by atoms with E-state index in [1.165, 1.54) is 48.7 Å². The summed E-state index contributed by atoms with van der Waals surface area (Å²) in [6.07, 6.45) is 1.53. The van der Waals surface area contributed by atoms with Gasteiger partial charge in [-0.05, 0) is 47.5 Å². The largest absolute Gasteiger partial charge is 0.506 e. The number of benzene rings is 3. The summed E-state index contributed by atoms with van der Waals surface area (Å²) in [5.41, 5.74) is 0.835. The molecule has 2 aliphatic rings. The van der Waals surface area contributed by atoms with Crippen molar-refractivity contribution in [3.63, 3.8) is 0 Å². The number of rotatable bonds is 7. The lowest BCUT2D eigenvalue weighted by Gasteiger charge is -2.16. The molecule has 0 aromatic heterocycles. The van der Waals surface area contributed by atoms with Gasteiger partial charge >= 0.3 is 20.4 Å². The summed E-state index contributed by atoms with van der Waals surface area (Å²) in [6.45, 7) is -0.813. The molecule has 2 heterocycles. The van der Waals surface area contributed by atoms with Crippen molar-refractivity contribution in [2.24, 2.45) is 0 Å². The van der Waals surface area contributed by atoms with Crippen LogP contribution in [0.1, 0.15) is 11.1 Å². The number of anilines is 2. The predicted octanol–water partition coefficient (Wildman–Crippen LogP) is -0.00120. The lowest BCUT2D eigenvalue weighted by Crippen LogP contribution is -2.29. The fourth-order valence-corrected chi connectivity index (χ4v) is 8.56. The molecule has 0 spiro atoms. The third-order valence-corrected chi connectivity index (χ3v) is 11.3. The van der Waals surface area contributed by atoms with E-state index in [0.29, 0.717) is 11.1 Å². The van der Waals surface area contributed by atoms with Gasteiger partial charge < -0.3 is 10.2 Å². The lowest BCUT2D eigenvalue weighted by molar-refractivity contribution is -0.118. The van der Waals surface area contributed by atoms with Crippen LogP contribution in [0, 0.1) is 0 Å². The monoisotopic (exact) mass is 686 g/mol. The number of hydrogen-bond donors (Lipinski definition) is 4. The molecule has 0 bridgehead atoms. The first kappa shape index (κ1) is 32.7. The molecule has 1 unspecified atom stereocenters. The fourth-order valence-electron chi connectivity index (χ4n) is 4.23. The number of phenols is 2. The number of phenolic OH excluding ortho intramolecular Hbond substituents is 2. The number of hydrogen-bond acceptors (Lipinski definition) is 11. The van der Waals surface area contributed by atoms with E-state index in [-0.39, 0.29) is 40.1 Å². The standard InChI is InChI=1S/C15H14N2O6S2.C10H12N2O5S2/c18-14-8-11(10-24(20,21)12-4-2-1-3-5-12)6-7-13(14)17-9-15(19)16-25(17,22)23;1-18(15)6-7-2-3-8(9(13)4-7)12-5-10(14)11-19(12,16)17/h1-8,18H,9-10H2,(H,16,19);2-4,13H,5-6H2,1H3,(H,11,14). The topological polar surface area (TPSA) is 225 Å². The van der Waals surface area contributed by atoms with Crippen LogP contribution in [0.15, 0.2) is 71.6 Å². The van der Waals surface area contributed by atoms with Gasteiger partial charge in [-0.1, -0.05) is 30.3 Å². The Morgan fingerprint density at radius 3 is 1.64 bits per heavy atom. The van der Waals surface area contributed by atoms with E-state index in [4.69, 9.17) is 0 Å². The zero-order valence-corrected chi connectivity index (χ0v) is 26.0. The Bertz CT molecular complexity index is 1970. The van der Waals surface area contributed by atoms with Gasteiger partial charge in [-0.15, -0.1) is 0 Å². The summed E-state index contributed by atoms with van der Waals surface area (Å²) in [5.74, 6) is -2.16. The predicted molar refractivity (Wildman–Crippen MR) is 160 cm³/mol. The summed E-state index contributed by atoms with van der Waals surface area (Å²) in [7, 11) is -12.6. The van der Waals surface area contributed by atoms with Crippen LogP contribution in [-0.2, 0) is 62.2 Å². The second-order valence-electron chi connectivity index (χ2n) is 9.51. The molecule has 15 nitrogen and oxygen atoms in total. The summed E-state index contributed by atoms with van der Waals surface area (Å²) in [4.78, 5) is 22.5. The summed E-state index contributed by atoms with van der Waals surface area (Å²) >= 11 is 0. The van der Waals surface area contributed by atoms with Gasteiger partial charge in [0.2, 0.25) is 0 Å². The average Bonchev–Trinajstić information content (AvgIpc) is 3.35. The minimum absolute atomic E-state index is 0.0176. The summed E-state index contributed by atoms with van der Waals surface area (Å²) in [5, 5.41) is 19.9. The number of sulfone groups is 1. The van der Waals surface area contributed by atoms with Gasteiger partial charge in [0.1, 0.15) is 24.6 Å². The molecule has 2 fully saturated rings. The lowest BCUT2D eigenvalue weighted by atomic mass is 10.2. The van der Waals surface area contributed by atoms with Crippen molar-refractivity contribution < 1.29 is 49.3 Å². The van der Waals surface area contributed by atoms with Crippen LogP contribution in [0.5, 0.6) is 11.5 Å². The molecule has 2 aliphatic heterocycles. The molecule has 2 saturated heterocycles. The quantitative estimate of drug-likeness (QED) is 0.259. The normalized spacial score (nSPS) is 17.8. The van der Waals surface area contributed by atoms with Crippen molar-refractivity contribution >= 4 is 64.2 Å². The van der Waals surface area contributed by atoms with Gasteiger partial charge in [-0.3, -0.25) is 13.8 Å². The second kappa shape index (κ2) is 12.4. The summed E-state index contributed by atoms with van der Waals surface area (Å²) in [6, 6.07) is 16.0. The Morgan fingerprint density at radius 2 is 1.23 bits per heavy atom. The van der Waals surface area contributed by atoms with E-state index in [9.17, 15) is 49.3 Å². The van der Waals surface area contributed by atoms with Crippen LogP contribution in [-0.4, -0.2) is 70.8 Å². The third-order valence-electron chi connectivity index (χ3n) is 6.09. The molecule has 0 aliphatic carbocycles. The molecule has 236 valence electrons. The van der Waals surface area contributed by atoms with Crippen LogP contribution in [0.2, 0.25) is 0 Å². The molecule has 2 amide bonds. The van der Waals surface area contributed by atoms with Crippen LogP contribution < -0.4 is 18.1 Å². The highest BCUT2D eigenvalue weighted by molar-refractivity contribution is 7.92. The van der Waals surface area contributed by atoms with Gasteiger partial charge in [0.15, 0.2) is 9.84 Å². The number of carbonyl (C=O) groups excluding carboxylic acids is 2. The van der Waals surface area contributed by atoms with Crippen LogP contribution in [0.25, 0.3) is 0 Å². The van der Waals surface area contributed by atoms with E-state index in [1.54, 1.807) is 29.0 Å². The third kappa shape index (κ3) is 7.47. The van der Waals surface area contributed by atoms with Crippen molar-refractivity contribution in [3.8, 4) is 11.5 Å². The molecular weight excluding hydrogens is 661 g/mol. The number of nitrogens with one attached hydrogen (secondary N) is 2. The fraction of sp³-hybridized carbons (Fsp3) is 0.200. The second-order valence-corrected chi connectivity index (χ2v) is 16.1. The van der Waals surface area contributed by atoms with Crippen molar-refractivity contribution in [2.75, 3.05) is 28.0 Å². The van der Waals surface area contributed by atoms with Gasteiger partial charge in [0, 0.05) is 22.8 Å². The Morgan fingerprint density at radius 1 is 0.773 bits per heavy atom. The summed E-state index contributed by atoms with van der Waals surface area (Å²) < 4.78 is 87.8. The number of carbonyl (C=O) groups is 2. The van der Waals surface area contributed by atoms with Crippen molar-refractivity contribution in [1.29, 1.82) is 0 Å². The SMILES string of the molecule is CS(=O)Cc1ccc(N2CC(=O)NS2(=O)=O)c(O)c1.O=C1CN(c2ccc(CS(=O)(=O)c3ccccc3)cc2O)S(=O)(=O)N1. The highest BCUT2D eigenvalue weighted by Gasteiger charge is 2.36. The molecule has 0 radical (unpaired) electrons. The smallest absolute Gasteiger partial charge is 0.326 e. The Kier molecular flexibility index (Phi) is 9.24. The molecule has 19 heteroatoms. The molecule has 4 N–H and O–H groups in total. The maximum atomic E-state index is 12.4. The molecule has 0 saturated carbocycles. The van der Waals surface area contributed by atoms with E-state index >= 15 is 0 Å². The van der Waals surface area contributed by atoms with Crippen LogP contribution in [0.3, 0.4) is 0 Å². The van der Waals surface area contributed by atoms with Gasteiger partial charge in [-0.25, -0.2) is 26.5 Å². The van der Waals surface area contributed by atoms with Gasteiger partial charge in [0.25, 0.3) is 11.8 Å². The number of aromatic hydroxyl groups is 2. The molecular formula is C25H26N4O11S4. The Balaban J connectivity index is 0.000000209. The highest BCUT2D eigenvalue weighted by Crippen LogP contribution is 2.33. The molecule has 5 rings (SSSR count). The van der Waals surface area contributed by atoms with Gasteiger partial charge in [0.05, 0.1) is 22.0 Å². The molecule has 1 atom stereocenters. The Hall–Kier alpha value is -4.20. The van der Waals surface area contributed by atoms with Crippen molar-refractivity contribution in [1.82, 2.24) is 9.44 Å². The molecule has 3 aromatic rings. The maximum Gasteiger partial charge on any atom is 0.326 e. The van der Waals surface area contributed by atoms with E-state index < -0.39 is 65.2 Å². The zero-order chi connectivity index (χ0) is 32.4. The Labute approximate surface area is 255 Å². The average molecular weight is 687 g/mol. The molecule has 3 aromatic carbocycles. The van der Waals surface area contributed by atoms with Crippen LogP contribution in [0.4, 0.5) is 11.4 Å². The van der Waals surface area contributed by atoms with Crippen molar-refractivity contribution in [2.45, 2.75) is 16.4 Å². The first-order valence-corrected chi connectivity index (χ1v) is 18.6. The van der Waals surface area contributed by atoms with Gasteiger partial charge in [-0.2, -0.15) is 16.8 Å². The first-order chi connectivity index (χ1) is 20.5. The number of amides is 2. The van der Waals surface area contributed by atoms with E-state index in [0.717, 1.165) is 8.61 Å². The molecule has 44 heavy (non-hydrogen) atoms. The van der Waals surface area contributed by atoms with E-state index in [1.807, 2.05) is 4.72 Å². The van der Waals surface area contributed by atoms with E-state index in [2.05, 4.69) is 0 Å². The maximum absolute atomic E-state index is 12.4.